The Morgan fingerprint density at radius 3 is 2.72 bits per heavy atom. The minimum absolute atomic E-state index is 0.0740. The summed E-state index contributed by atoms with van der Waals surface area (Å²) in [4.78, 5) is 26.8. The Hall–Kier alpha value is -2.86. The van der Waals surface area contributed by atoms with E-state index in [0.717, 1.165) is 42.7 Å². The molecule has 6 nitrogen and oxygen atoms in total. The number of nitrogens with zero attached hydrogens (tertiary/aromatic N) is 2. The molecule has 1 N–H and O–H groups in total. The number of aromatic nitrogens is 1. The molecule has 2 aromatic heterocycles. The topological polar surface area (TPSA) is 75.7 Å². The third-order valence-electron chi connectivity index (χ3n) is 6.64. The van der Waals surface area contributed by atoms with Crippen molar-refractivity contribution in [3.63, 3.8) is 0 Å². The molecule has 1 fully saturated rings. The maximum absolute atomic E-state index is 12.2. The Morgan fingerprint density at radius 1 is 1.07 bits per heavy atom. The lowest BCUT2D eigenvalue weighted by atomic mass is 9.83. The van der Waals surface area contributed by atoms with Crippen LogP contribution in [0, 0.1) is 19.8 Å². The summed E-state index contributed by atoms with van der Waals surface area (Å²) in [5.41, 5.74) is 3.44. The largest absolute Gasteiger partial charge is 0.507 e. The number of phenols is 1. The number of piperidine rings is 1. The van der Waals surface area contributed by atoms with Crippen molar-refractivity contribution in [3.8, 4) is 5.75 Å². The molecule has 1 saturated heterocycles. The van der Waals surface area contributed by atoms with E-state index in [0.29, 0.717) is 35.1 Å². The van der Waals surface area contributed by atoms with Gasteiger partial charge in [0, 0.05) is 54.8 Å². The molecule has 2 aliphatic rings. The highest BCUT2D eigenvalue weighted by Gasteiger charge is 2.35. The SMILES string of the molecule is Cc1c(C)c2ccc(O)c(CN3C[C@H]4C[C@@H](C3)c3cccc(=O)n3C4)c2oc1=O. The molecular formula is C23H24N2O4. The van der Waals surface area contributed by atoms with Crippen LogP contribution in [0.4, 0.5) is 0 Å². The van der Waals surface area contributed by atoms with Gasteiger partial charge in [0.15, 0.2) is 0 Å². The Kier molecular flexibility index (Phi) is 4.13. The average Bonchev–Trinajstić information content (AvgIpc) is 2.69. The number of hydrogen-bond acceptors (Lipinski definition) is 5. The van der Waals surface area contributed by atoms with E-state index in [-0.39, 0.29) is 16.9 Å². The lowest BCUT2D eigenvalue weighted by Gasteiger charge is -2.42. The van der Waals surface area contributed by atoms with E-state index in [1.54, 1.807) is 19.1 Å². The molecule has 0 saturated carbocycles. The summed E-state index contributed by atoms with van der Waals surface area (Å²) in [5.74, 6) is 0.843. The van der Waals surface area contributed by atoms with Gasteiger partial charge in [-0.1, -0.05) is 6.07 Å². The number of rotatable bonds is 2. The molecule has 5 rings (SSSR count). The highest BCUT2D eigenvalue weighted by atomic mass is 16.4. The number of hydrogen-bond donors (Lipinski definition) is 1. The van der Waals surface area contributed by atoms with Gasteiger partial charge in [-0.25, -0.2) is 4.79 Å². The molecule has 0 radical (unpaired) electrons. The van der Waals surface area contributed by atoms with Gasteiger partial charge in [-0.05, 0) is 49.9 Å². The summed E-state index contributed by atoms with van der Waals surface area (Å²) in [6.07, 6.45) is 1.08. The predicted molar refractivity (Wildman–Crippen MR) is 110 cm³/mol. The zero-order valence-electron chi connectivity index (χ0n) is 16.6. The minimum atomic E-state index is -0.356. The van der Waals surface area contributed by atoms with Gasteiger partial charge in [0.05, 0.1) is 5.56 Å². The van der Waals surface area contributed by atoms with Gasteiger partial charge in [0.1, 0.15) is 11.3 Å². The molecule has 29 heavy (non-hydrogen) atoms. The first-order valence-corrected chi connectivity index (χ1v) is 10.1. The second kappa shape index (κ2) is 6.59. The summed E-state index contributed by atoms with van der Waals surface area (Å²) in [6.45, 7) is 6.58. The van der Waals surface area contributed by atoms with Crippen molar-refractivity contribution in [3.05, 3.63) is 73.5 Å². The lowest BCUT2D eigenvalue weighted by molar-refractivity contribution is 0.113. The molecule has 2 atom stereocenters. The number of pyridine rings is 1. The van der Waals surface area contributed by atoms with Crippen molar-refractivity contribution in [1.29, 1.82) is 0 Å². The molecule has 2 bridgehead atoms. The Balaban J connectivity index is 1.52. The smallest absolute Gasteiger partial charge is 0.339 e. The fourth-order valence-electron chi connectivity index (χ4n) is 5.05. The molecular weight excluding hydrogens is 368 g/mol. The number of aromatic hydroxyl groups is 1. The van der Waals surface area contributed by atoms with Crippen LogP contribution in [-0.4, -0.2) is 27.7 Å². The summed E-state index contributed by atoms with van der Waals surface area (Å²) >= 11 is 0. The van der Waals surface area contributed by atoms with Crippen LogP contribution < -0.4 is 11.2 Å². The number of aryl methyl sites for hydroxylation is 1. The van der Waals surface area contributed by atoms with Crippen LogP contribution in [0.5, 0.6) is 5.75 Å². The van der Waals surface area contributed by atoms with E-state index < -0.39 is 0 Å². The van der Waals surface area contributed by atoms with Crippen molar-refractivity contribution < 1.29 is 9.52 Å². The number of likely N-dealkylation sites (tertiary alicyclic amines) is 1. The maximum atomic E-state index is 12.2. The fourth-order valence-corrected chi connectivity index (χ4v) is 5.05. The van der Waals surface area contributed by atoms with E-state index in [4.69, 9.17) is 4.42 Å². The molecule has 0 unspecified atom stereocenters. The first-order valence-electron chi connectivity index (χ1n) is 10.1. The first kappa shape index (κ1) is 18.2. The van der Waals surface area contributed by atoms with Gasteiger partial charge < -0.3 is 14.1 Å². The van der Waals surface area contributed by atoms with Crippen molar-refractivity contribution >= 4 is 11.0 Å². The van der Waals surface area contributed by atoms with E-state index in [2.05, 4.69) is 4.90 Å². The summed E-state index contributed by atoms with van der Waals surface area (Å²) in [6, 6.07) is 9.01. The fraction of sp³-hybridized carbons (Fsp3) is 0.391. The second-order valence-electron chi connectivity index (χ2n) is 8.47. The Morgan fingerprint density at radius 2 is 1.90 bits per heavy atom. The number of phenolic OH excluding ortho intramolecular Hbond substituents is 1. The van der Waals surface area contributed by atoms with E-state index in [1.807, 2.05) is 29.7 Å². The second-order valence-corrected chi connectivity index (χ2v) is 8.47. The molecule has 3 aromatic rings. The normalized spacial score (nSPS) is 21.3. The molecule has 0 spiro atoms. The first-order chi connectivity index (χ1) is 13.9. The maximum Gasteiger partial charge on any atom is 0.339 e. The van der Waals surface area contributed by atoms with Gasteiger partial charge in [0.25, 0.3) is 5.56 Å². The molecule has 2 aliphatic heterocycles. The van der Waals surface area contributed by atoms with Crippen molar-refractivity contribution in [2.75, 3.05) is 13.1 Å². The van der Waals surface area contributed by atoms with Gasteiger partial charge in [0.2, 0.25) is 0 Å². The highest BCUT2D eigenvalue weighted by molar-refractivity contribution is 5.85. The average molecular weight is 392 g/mol. The molecule has 4 heterocycles. The molecule has 0 amide bonds. The van der Waals surface area contributed by atoms with Crippen molar-refractivity contribution in [1.82, 2.24) is 9.47 Å². The standard InChI is InChI=1S/C23H24N2O4/c1-13-14(2)23(28)29-22-17(13)6-7-20(26)18(22)12-24-9-15-8-16(11-24)19-4-3-5-21(27)25(19)10-15/h3-7,15-16,26H,8-12H2,1-2H3/t15-,16+/m1/s1. The van der Waals surface area contributed by atoms with Gasteiger partial charge >= 0.3 is 5.63 Å². The van der Waals surface area contributed by atoms with Crippen LogP contribution in [-0.2, 0) is 13.1 Å². The van der Waals surface area contributed by atoms with E-state index in [1.165, 1.54) is 0 Å². The molecule has 150 valence electrons. The Bertz CT molecular complexity index is 1240. The van der Waals surface area contributed by atoms with Crippen LogP contribution in [0.15, 0.2) is 44.3 Å². The zero-order valence-corrected chi connectivity index (χ0v) is 16.6. The van der Waals surface area contributed by atoms with Crippen molar-refractivity contribution in [2.45, 2.75) is 39.3 Å². The van der Waals surface area contributed by atoms with Crippen LogP contribution >= 0.6 is 0 Å². The predicted octanol–water partition coefficient (Wildman–Crippen LogP) is 2.90. The van der Waals surface area contributed by atoms with Crippen LogP contribution in [0.1, 0.15) is 34.7 Å². The minimum Gasteiger partial charge on any atom is -0.507 e. The third-order valence-corrected chi connectivity index (χ3v) is 6.64. The quantitative estimate of drug-likeness (QED) is 0.679. The van der Waals surface area contributed by atoms with Gasteiger partial charge in [-0.3, -0.25) is 9.69 Å². The van der Waals surface area contributed by atoms with Gasteiger partial charge in [-0.2, -0.15) is 0 Å². The molecule has 0 aliphatic carbocycles. The van der Waals surface area contributed by atoms with Crippen LogP contribution in [0.25, 0.3) is 11.0 Å². The van der Waals surface area contributed by atoms with Gasteiger partial charge in [-0.15, -0.1) is 0 Å². The van der Waals surface area contributed by atoms with Crippen LogP contribution in [0.3, 0.4) is 0 Å². The third kappa shape index (κ3) is 2.90. The Labute approximate surface area is 168 Å². The highest BCUT2D eigenvalue weighted by Crippen LogP contribution is 2.37. The summed E-state index contributed by atoms with van der Waals surface area (Å²) < 4.78 is 7.52. The molecule has 6 heteroatoms. The van der Waals surface area contributed by atoms with E-state index in [9.17, 15) is 14.7 Å². The molecule has 1 aromatic carbocycles. The van der Waals surface area contributed by atoms with E-state index >= 15 is 0 Å². The van der Waals surface area contributed by atoms with Crippen LogP contribution in [0.2, 0.25) is 0 Å². The summed E-state index contributed by atoms with van der Waals surface area (Å²) in [7, 11) is 0. The van der Waals surface area contributed by atoms with Crippen molar-refractivity contribution in [2.24, 2.45) is 5.92 Å². The zero-order chi connectivity index (χ0) is 20.3. The lowest BCUT2D eigenvalue weighted by Crippen LogP contribution is -2.46. The summed E-state index contributed by atoms with van der Waals surface area (Å²) in [5, 5.41) is 11.4. The number of fused-ring (bicyclic) bond motifs is 5. The number of benzene rings is 1. The monoisotopic (exact) mass is 392 g/mol.